The van der Waals surface area contributed by atoms with Crippen LogP contribution in [0.2, 0.25) is 0 Å². The number of ether oxygens (including phenoxy) is 1. The SMILES string of the molecule is CSc1cccc(OCc2ccccc2F)c1C(=N)N. The van der Waals surface area contributed by atoms with Crippen molar-refractivity contribution in [3.05, 3.63) is 59.4 Å². The van der Waals surface area contributed by atoms with Crippen molar-refractivity contribution in [2.45, 2.75) is 11.5 Å². The van der Waals surface area contributed by atoms with Crippen LogP contribution in [0.5, 0.6) is 5.75 Å². The smallest absolute Gasteiger partial charge is 0.131 e. The first-order valence-corrected chi connectivity index (χ1v) is 7.23. The Kier molecular flexibility index (Phi) is 4.63. The summed E-state index contributed by atoms with van der Waals surface area (Å²) in [6, 6.07) is 11.9. The molecule has 5 heteroatoms. The average Bonchev–Trinajstić information content (AvgIpc) is 2.45. The van der Waals surface area contributed by atoms with E-state index in [2.05, 4.69) is 0 Å². The molecule has 0 aliphatic rings. The fraction of sp³-hybridized carbons (Fsp3) is 0.133. The Morgan fingerprint density at radius 1 is 1.25 bits per heavy atom. The lowest BCUT2D eigenvalue weighted by molar-refractivity contribution is 0.298. The number of amidine groups is 1. The van der Waals surface area contributed by atoms with Crippen molar-refractivity contribution in [1.29, 1.82) is 5.41 Å². The van der Waals surface area contributed by atoms with Gasteiger partial charge in [-0.05, 0) is 24.5 Å². The van der Waals surface area contributed by atoms with Crippen LogP contribution in [0, 0.1) is 11.2 Å². The van der Waals surface area contributed by atoms with E-state index in [4.69, 9.17) is 15.9 Å². The number of benzene rings is 2. The number of rotatable bonds is 5. The summed E-state index contributed by atoms with van der Waals surface area (Å²) in [6.45, 7) is 0.102. The summed E-state index contributed by atoms with van der Waals surface area (Å²) in [7, 11) is 0. The van der Waals surface area contributed by atoms with Crippen molar-refractivity contribution in [1.82, 2.24) is 0 Å². The number of nitrogen functional groups attached to an aromatic ring is 1. The van der Waals surface area contributed by atoms with Crippen LogP contribution in [0.25, 0.3) is 0 Å². The fourth-order valence-electron chi connectivity index (χ4n) is 1.84. The van der Waals surface area contributed by atoms with E-state index in [1.165, 1.54) is 17.8 Å². The molecular formula is C15H15FN2OS. The van der Waals surface area contributed by atoms with Crippen molar-refractivity contribution in [3.63, 3.8) is 0 Å². The largest absolute Gasteiger partial charge is 0.488 e. The van der Waals surface area contributed by atoms with Crippen LogP contribution in [0.3, 0.4) is 0 Å². The zero-order valence-electron chi connectivity index (χ0n) is 11.0. The molecule has 0 heterocycles. The Morgan fingerprint density at radius 3 is 2.65 bits per heavy atom. The van der Waals surface area contributed by atoms with Gasteiger partial charge in [0.2, 0.25) is 0 Å². The van der Waals surface area contributed by atoms with Gasteiger partial charge in [-0.2, -0.15) is 0 Å². The standard InChI is InChI=1S/C15H15FN2OS/c1-20-13-8-4-7-12(14(13)15(17)18)19-9-10-5-2-3-6-11(10)16/h2-8H,9H2,1H3,(H3,17,18). The molecule has 0 aliphatic carbocycles. The highest BCUT2D eigenvalue weighted by molar-refractivity contribution is 7.98. The van der Waals surface area contributed by atoms with Crippen molar-refractivity contribution < 1.29 is 9.13 Å². The minimum atomic E-state index is -0.308. The van der Waals surface area contributed by atoms with Crippen molar-refractivity contribution in [2.24, 2.45) is 5.73 Å². The molecule has 0 fully saturated rings. The number of nitrogens with two attached hydrogens (primary N) is 1. The van der Waals surface area contributed by atoms with Crippen LogP contribution in [0.1, 0.15) is 11.1 Å². The predicted molar refractivity (Wildman–Crippen MR) is 80.0 cm³/mol. The molecule has 0 aliphatic heterocycles. The zero-order chi connectivity index (χ0) is 14.5. The summed E-state index contributed by atoms with van der Waals surface area (Å²) in [5, 5.41) is 7.66. The normalized spacial score (nSPS) is 10.3. The maximum absolute atomic E-state index is 13.5. The van der Waals surface area contributed by atoms with Gasteiger partial charge in [-0.15, -0.1) is 11.8 Å². The second kappa shape index (κ2) is 6.43. The Hall–Kier alpha value is -2.01. The molecule has 20 heavy (non-hydrogen) atoms. The van der Waals surface area contributed by atoms with Crippen LogP contribution in [0.4, 0.5) is 4.39 Å². The second-order valence-electron chi connectivity index (χ2n) is 4.13. The van der Waals surface area contributed by atoms with Crippen LogP contribution in [-0.4, -0.2) is 12.1 Å². The lowest BCUT2D eigenvalue weighted by atomic mass is 10.2. The van der Waals surface area contributed by atoms with Crippen molar-refractivity contribution in [3.8, 4) is 5.75 Å². The van der Waals surface area contributed by atoms with Gasteiger partial charge in [0.25, 0.3) is 0 Å². The summed E-state index contributed by atoms with van der Waals surface area (Å²) in [6.07, 6.45) is 1.91. The molecule has 0 bridgehead atoms. The van der Waals surface area contributed by atoms with Crippen LogP contribution in [0.15, 0.2) is 47.4 Å². The van der Waals surface area contributed by atoms with Gasteiger partial charge in [0.1, 0.15) is 24.0 Å². The highest BCUT2D eigenvalue weighted by Crippen LogP contribution is 2.29. The number of nitrogens with one attached hydrogen (secondary N) is 1. The van der Waals surface area contributed by atoms with Crippen LogP contribution < -0.4 is 10.5 Å². The Labute approximate surface area is 121 Å². The van der Waals surface area contributed by atoms with Crippen molar-refractivity contribution >= 4 is 17.6 Å². The maximum atomic E-state index is 13.5. The summed E-state index contributed by atoms with van der Waals surface area (Å²) < 4.78 is 19.2. The number of hydrogen-bond donors (Lipinski definition) is 2. The molecule has 0 radical (unpaired) electrons. The Bertz CT molecular complexity index is 631. The third kappa shape index (κ3) is 3.11. The van der Waals surface area contributed by atoms with E-state index in [0.717, 1.165) is 4.90 Å². The minimum absolute atomic E-state index is 0.0570. The molecule has 104 valence electrons. The fourth-order valence-corrected chi connectivity index (χ4v) is 2.47. The lowest BCUT2D eigenvalue weighted by Crippen LogP contribution is -2.14. The van der Waals surface area contributed by atoms with E-state index in [-0.39, 0.29) is 18.3 Å². The van der Waals surface area contributed by atoms with E-state index in [1.54, 1.807) is 24.3 Å². The van der Waals surface area contributed by atoms with Gasteiger partial charge in [-0.25, -0.2) is 4.39 Å². The first kappa shape index (κ1) is 14.4. The molecule has 2 aromatic rings. The molecular weight excluding hydrogens is 275 g/mol. The van der Waals surface area contributed by atoms with Gasteiger partial charge in [-0.3, -0.25) is 5.41 Å². The molecule has 2 aromatic carbocycles. The van der Waals surface area contributed by atoms with Crippen LogP contribution >= 0.6 is 11.8 Å². The molecule has 3 N–H and O–H groups in total. The molecule has 2 rings (SSSR count). The molecule has 0 saturated carbocycles. The predicted octanol–water partition coefficient (Wildman–Crippen LogP) is 3.41. The Balaban J connectivity index is 2.26. The first-order chi connectivity index (χ1) is 9.63. The van der Waals surface area contributed by atoms with Crippen molar-refractivity contribution in [2.75, 3.05) is 6.26 Å². The monoisotopic (exact) mass is 290 g/mol. The zero-order valence-corrected chi connectivity index (χ0v) is 11.8. The first-order valence-electron chi connectivity index (χ1n) is 6.01. The molecule has 0 saturated heterocycles. The Morgan fingerprint density at radius 2 is 2.00 bits per heavy atom. The summed E-state index contributed by atoms with van der Waals surface area (Å²) in [5.41, 5.74) is 6.63. The number of hydrogen-bond acceptors (Lipinski definition) is 3. The highest BCUT2D eigenvalue weighted by Gasteiger charge is 2.12. The molecule has 0 aromatic heterocycles. The van der Waals surface area contributed by atoms with E-state index < -0.39 is 0 Å². The van der Waals surface area contributed by atoms with E-state index in [0.29, 0.717) is 16.9 Å². The highest BCUT2D eigenvalue weighted by atomic mass is 32.2. The van der Waals surface area contributed by atoms with Gasteiger partial charge < -0.3 is 10.5 Å². The molecule has 0 atom stereocenters. The minimum Gasteiger partial charge on any atom is -0.488 e. The van der Waals surface area contributed by atoms with E-state index in [1.807, 2.05) is 18.4 Å². The van der Waals surface area contributed by atoms with Gasteiger partial charge in [0.15, 0.2) is 0 Å². The lowest BCUT2D eigenvalue weighted by Gasteiger charge is -2.13. The van der Waals surface area contributed by atoms with Gasteiger partial charge in [-0.1, -0.05) is 24.3 Å². The quantitative estimate of drug-likeness (QED) is 0.504. The summed E-state index contributed by atoms with van der Waals surface area (Å²) in [5.74, 6) is 0.129. The number of thioether (sulfide) groups is 1. The third-order valence-corrected chi connectivity index (χ3v) is 3.60. The molecule has 3 nitrogen and oxygen atoms in total. The van der Waals surface area contributed by atoms with E-state index in [9.17, 15) is 4.39 Å². The van der Waals surface area contributed by atoms with Gasteiger partial charge >= 0.3 is 0 Å². The molecule has 0 unspecified atom stereocenters. The molecule has 0 spiro atoms. The topological polar surface area (TPSA) is 59.1 Å². The number of halogens is 1. The summed E-state index contributed by atoms with van der Waals surface area (Å²) in [4.78, 5) is 0.864. The average molecular weight is 290 g/mol. The third-order valence-electron chi connectivity index (χ3n) is 2.82. The maximum Gasteiger partial charge on any atom is 0.131 e. The summed E-state index contributed by atoms with van der Waals surface area (Å²) >= 11 is 1.49. The second-order valence-corrected chi connectivity index (χ2v) is 4.98. The van der Waals surface area contributed by atoms with Gasteiger partial charge in [0, 0.05) is 10.5 Å². The van der Waals surface area contributed by atoms with Gasteiger partial charge in [0.05, 0.1) is 5.56 Å². The molecule has 0 amide bonds. The van der Waals surface area contributed by atoms with Crippen LogP contribution in [-0.2, 0) is 6.61 Å². The van der Waals surface area contributed by atoms with E-state index >= 15 is 0 Å².